The van der Waals surface area contributed by atoms with Crippen LogP contribution in [0.15, 0.2) is 47.4 Å². The molecule has 0 atom stereocenters. The number of aromatic nitrogens is 2. The van der Waals surface area contributed by atoms with Crippen LogP contribution in [0, 0.1) is 0 Å². The van der Waals surface area contributed by atoms with E-state index < -0.39 is 0 Å². The summed E-state index contributed by atoms with van der Waals surface area (Å²) >= 11 is 3.28. The van der Waals surface area contributed by atoms with Gasteiger partial charge in [0.2, 0.25) is 0 Å². The number of nitrogens with zero attached hydrogens (tertiary/aromatic N) is 2. The summed E-state index contributed by atoms with van der Waals surface area (Å²) in [7, 11) is 0. The summed E-state index contributed by atoms with van der Waals surface area (Å²) in [6.45, 7) is 0. The zero-order chi connectivity index (χ0) is 12.7. The predicted octanol–water partition coefficient (Wildman–Crippen LogP) is 4.70. The smallest absolute Gasteiger partial charge is 0.148 e. The first-order valence-corrected chi connectivity index (χ1v) is 7.50. The van der Waals surface area contributed by atoms with E-state index in [2.05, 4.69) is 9.97 Å². The van der Waals surface area contributed by atoms with E-state index in [0.29, 0.717) is 0 Å². The van der Waals surface area contributed by atoms with Crippen molar-refractivity contribution in [1.82, 2.24) is 9.97 Å². The first kappa shape index (κ1) is 10.9. The van der Waals surface area contributed by atoms with Crippen molar-refractivity contribution in [2.24, 2.45) is 0 Å². The second-order valence-electron chi connectivity index (χ2n) is 3.99. The lowest BCUT2D eigenvalue weighted by molar-refractivity contribution is 0.495. The lowest BCUT2D eigenvalue weighted by atomic mass is 10.3. The fourth-order valence-electron chi connectivity index (χ4n) is 1.98. The summed E-state index contributed by atoms with van der Waals surface area (Å²) < 4.78 is 8.21. The molecule has 4 rings (SSSR count). The maximum absolute atomic E-state index is 6.06. The Kier molecular flexibility index (Phi) is 2.46. The standard InChI is InChI=1S/C14H8N2OS2/c1-5-15-9-3-7-18-13(9)11(1)17-12-2-6-16-10-4-8-19-14(10)12/h1-8H. The average molecular weight is 284 g/mol. The molecule has 0 saturated carbocycles. The van der Waals surface area contributed by atoms with Crippen LogP contribution in [0.5, 0.6) is 11.5 Å². The van der Waals surface area contributed by atoms with Gasteiger partial charge in [-0.25, -0.2) is 0 Å². The van der Waals surface area contributed by atoms with Gasteiger partial charge in [0.05, 0.1) is 20.4 Å². The number of hydrogen-bond donors (Lipinski definition) is 0. The molecule has 0 bridgehead atoms. The van der Waals surface area contributed by atoms with E-state index in [0.717, 1.165) is 31.9 Å². The van der Waals surface area contributed by atoms with Crippen LogP contribution in [0.2, 0.25) is 0 Å². The van der Waals surface area contributed by atoms with Crippen molar-refractivity contribution < 1.29 is 4.74 Å². The molecule has 0 saturated heterocycles. The van der Waals surface area contributed by atoms with Gasteiger partial charge in [0, 0.05) is 24.5 Å². The quantitative estimate of drug-likeness (QED) is 0.535. The van der Waals surface area contributed by atoms with Crippen LogP contribution >= 0.6 is 22.7 Å². The zero-order valence-corrected chi connectivity index (χ0v) is 11.4. The molecule has 3 nitrogen and oxygen atoms in total. The van der Waals surface area contributed by atoms with Crippen LogP contribution in [0.4, 0.5) is 0 Å². The molecule has 0 unspecified atom stereocenters. The molecular weight excluding hydrogens is 276 g/mol. The molecule has 19 heavy (non-hydrogen) atoms. The van der Waals surface area contributed by atoms with Gasteiger partial charge in [-0.15, -0.1) is 22.7 Å². The van der Waals surface area contributed by atoms with Crippen molar-refractivity contribution in [2.75, 3.05) is 0 Å². The highest BCUT2D eigenvalue weighted by molar-refractivity contribution is 7.18. The van der Waals surface area contributed by atoms with Crippen LogP contribution in [-0.4, -0.2) is 9.97 Å². The lowest BCUT2D eigenvalue weighted by Crippen LogP contribution is -1.86. The highest BCUT2D eigenvalue weighted by Crippen LogP contribution is 2.36. The van der Waals surface area contributed by atoms with Crippen molar-refractivity contribution >= 4 is 43.1 Å². The summed E-state index contributed by atoms with van der Waals surface area (Å²) in [6.07, 6.45) is 3.55. The van der Waals surface area contributed by atoms with Crippen molar-refractivity contribution in [3.63, 3.8) is 0 Å². The van der Waals surface area contributed by atoms with Crippen molar-refractivity contribution in [2.45, 2.75) is 0 Å². The third-order valence-electron chi connectivity index (χ3n) is 2.84. The second-order valence-corrected chi connectivity index (χ2v) is 5.82. The third kappa shape index (κ3) is 1.78. The van der Waals surface area contributed by atoms with Crippen molar-refractivity contribution in [3.05, 3.63) is 47.4 Å². The predicted molar refractivity (Wildman–Crippen MR) is 79.3 cm³/mol. The van der Waals surface area contributed by atoms with Gasteiger partial charge >= 0.3 is 0 Å². The summed E-state index contributed by atoms with van der Waals surface area (Å²) in [5.41, 5.74) is 1.94. The lowest BCUT2D eigenvalue weighted by Gasteiger charge is -2.06. The van der Waals surface area contributed by atoms with Crippen molar-refractivity contribution in [3.8, 4) is 11.5 Å². The van der Waals surface area contributed by atoms with Crippen LogP contribution in [0.1, 0.15) is 0 Å². The summed E-state index contributed by atoms with van der Waals surface area (Å²) in [5, 5.41) is 4.05. The minimum atomic E-state index is 0.848. The molecule has 0 aliphatic heterocycles. The topological polar surface area (TPSA) is 35.0 Å². The monoisotopic (exact) mass is 284 g/mol. The number of pyridine rings is 2. The molecule has 0 amide bonds. The Morgan fingerprint density at radius 2 is 1.26 bits per heavy atom. The van der Waals surface area contributed by atoms with Crippen LogP contribution in [0.25, 0.3) is 20.4 Å². The number of thiophene rings is 2. The number of hydrogen-bond acceptors (Lipinski definition) is 5. The van der Waals surface area contributed by atoms with Crippen LogP contribution in [0.3, 0.4) is 0 Å². The molecule has 0 aliphatic carbocycles. The van der Waals surface area contributed by atoms with Gasteiger partial charge < -0.3 is 4.74 Å². The van der Waals surface area contributed by atoms with Gasteiger partial charge in [0.15, 0.2) is 0 Å². The fraction of sp³-hybridized carbons (Fsp3) is 0. The Labute approximate surface area is 117 Å². The number of ether oxygens (including phenoxy) is 1. The molecule has 0 aliphatic rings. The highest BCUT2D eigenvalue weighted by Gasteiger charge is 2.09. The average Bonchev–Trinajstić information content (AvgIpc) is 3.08. The van der Waals surface area contributed by atoms with Crippen LogP contribution < -0.4 is 4.74 Å². The molecule has 0 fully saturated rings. The van der Waals surface area contributed by atoms with E-state index in [1.54, 1.807) is 35.1 Å². The van der Waals surface area contributed by atoms with Gasteiger partial charge in [-0.3, -0.25) is 9.97 Å². The fourth-order valence-corrected chi connectivity index (χ4v) is 3.58. The molecule has 92 valence electrons. The molecule has 0 spiro atoms. The number of rotatable bonds is 2. The Balaban J connectivity index is 1.86. The Bertz CT molecular complexity index is 794. The molecular formula is C14H8N2OS2. The Hall–Kier alpha value is -1.98. The summed E-state index contributed by atoms with van der Waals surface area (Å²) in [6, 6.07) is 7.80. The van der Waals surface area contributed by atoms with E-state index in [1.165, 1.54) is 0 Å². The van der Waals surface area contributed by atoms with E-state index >= 15 is 0 Å². The largest absolute Gasteiger partial charge is 0.454 e. The maximum Gasteiger partial charge on any atom is 0.148 e. The first-order valence-electron chi connectivity index (χ1n) is 5.74. The zero-order valence-electron chi connectivity index (χ0n) is 9.74. The maximum atomic E-state index is 6.06. The van der Waals surface area contributed by atoms with Gasteiger partial charge in [-0.05, 0) is 22.9 Å². The number of fused-ring (bicyclic) bond motifs is 2. The van der Waals surface area contributed by atoms with Crippen LogP contribution in [-0.2, 0) is 0 Å². The van der Waals surface area contributed by atoms with E-state index in [4.69, 9.17) is 4.74 Å². The van der Waals surface area contributed by atoms with E-state index in [-0.39, 0.29) is 0 Å². The van der Waals surface area contributed by atoms with E-state index in [1.807, 2.05) is 35.0 Å². The highest BCUT2D eigenvalue weighted by atomic mass is 32.1. The van der Waals surface area contributed by atoms with Gasteiger partial charge in [0.1, 0.15) is 11.5 Å². The van der Waals surface area contributed by atoms with Gasteiger partial charge in [-0.2, -0.15) is 0 Å². The molecule has 4 heterocycles. The first-order chi connectivity index (χ1) is 9.42. The normalized spacial score (nSPS) is 11.2. The summed E-state index contributed by atoms with van der Waals surface area (Å²) in [5.74, 6) is 1.70. The molecule has 4 aromatic rings. The van der Waals surface area contributed by atoms with Gasteiger partial charge in [0.25, 0.3) is 0 Å². The summed E-state index contributed by atoms with van der Waals surface area (Å²) in [4.78, 5) is 8.63. The molecule has 4 aromatic heterocycles. The third-order valence-corrected chi connectivity index (χ3v) is 4.67. The SMILES string of the molecule is c1cc(Oc2ccnc3ccsc23)c2sccc2n1. The molecule has 0 N–H and O–H groups in total. The van der Waals surface area contributed by atoms with Crippen molar-refractivity contribution in [1.29, 1.82) is 0 Å². The Morgan fingerprint density at radius 3 is 1.79 bits per heavy atom. The minimum absolute atomic E-state index is 0.848. The minimum Gasteiger partial charge on any atom is -0.454 e. The molecule has 0 aromatic carbocycles. The molecule has 5 heteroatoms. The Morgan fingerprint density at radius 1 is 0.737 bits per heavy atom. The second kappa shape index (κ2) is 4.29. The van der Waals surface area contributed by atoms with E-state index in [9.17, 15) is 0 Å². The van der Waals surface area contributed by atoms with Gasteiger partial charge in [-0.1, -0.05) is 0 Å². The molecule has 0 radical (unpaired) electrons.